The van der Waals surface area contributed by atoms with Crippen LogP contribution in [-0.2, 0) is 9.84 Å². The van der Waals surface area contributed by atoms with E-state index in [4.69, 9.17) is 11.6 Å². The number of aromatic nitrogens is 1. The Morgan fingerprint density at radius 2 is 1.38 bits per heavy atom. The molecule has 1 aliphatic heterocycles. The van der Waals surface area contributed by atoms with E-state index in [9.17, 15) is 8.42 Å². The van der Waals surface area contributed by atoms with Crippen LogP contribution in [0, 0.1) is 0 Å². The lowest BCUT2D eigenvalue weighted by Crippen LogP contribution is -2.47. The van der Waals surface area contributed by atoms with Gasteiger partial charge in [0.05, 0.1) is 16.1 Å². The molecular weight excluding hydrogens is 442 g/mol. The Hall–Kier alpha value is -3.09. The number of nitrogens with zero attached hydrogens (tertiary/aromatic N) is 3. The van der Waals surface area contributed by atoms with Gasteiger partial charge in [-0.3, -0.25) is 4.98 Å². The number of hydrogen-bond donors (Lipinski definition) is 0. The first-order valence-electron chi connectivity index (χ1n) is 10.5. The molecule has 1 aromatic heterocycles. The Balaban J connectivity index is 1.57. The molecule has 0 aliphatic carbocycles. The second kappa shape index (κ2) is 8.45. The third kappa shape index (κ3) is 3.80. The van der Waals surface area contributed by atoms with Gasteiger partial charge in [-0.25, -0.2) is 8.42 Å². The zero-order valence-corrected chi connectivity index (χ0v) is 18.9. The average Bonchev–Trinajstić information content (AvgIpc) is 2.84. The quantitative estimate of drug-likeness (QED) is 0.424. The fourth-order valence-electron chi connectivity index (χ4n) is 4.20. The molecule has 0 amide bonds. The van der Waals surface area contributed by atoms with Crippen LogP contribution in [0.2, 0.25) is 5.02 Å². The topological polar surface area (TPSA) is 53.5 Å². The van der Waals surface area contributed by atoms with Gasteiger partial charge in [-0.1, -0.05) is 48.0 Å². The number of anilines is 2. The average molecular weight is 464 g/mol. The highest BCUT2D eigenvalue weighted by Crippen LogP contribution is 2.36. The van der Waals surface area contributed by atoms with Gasteiger partial charge in [-0.15, -0.1) is 0 Å². The van der Waals surface area contributed by atoms with Crippen molar-refractivity contribution in [3.63, 3.8) is 0 Å². The van der Waals surface area contributed by atoms with Crippen molar-refractivity contribution in [1.82, 2.24) is 4.98 Å². The third-order valence-corrected chi connectivity index (χ3v) is 7.87. The normalized spacial score (nSPS) is 14.7. The van der Waals surface area contributed by atoms with Gasteiger partial charge in [-0.05, 0) is 42.5 Å². The summed E-state index contributed by atoms with van der Waals surface area (Å²) in [6.45, 7) is 3.04. The highest BCUT2D eigenvalue weighted by atomic mass is 35.5. The molecule has 5 rings (SSSR count). The number of hydrogen-bond acceptors (Lipinski definition) is 5. The van der Waals surface area contributed by atoms with Crippen molar-refractivity contribution >= 4 is 43.7 Å². The lowest BCUT2D eigenvalue weighted by molar-refractivity contribution is 0.594. The summed E-state index contributed by atoms with van der Waals surface area (Å²) in [6, 6.07) is 24.3. The minimum Gasteiger partial charge on any atom is -0.368 e. The SMILES string of the molecule is O=S(=O)(c1ccc(Cl)cc1)c1cnc2ccccc2c1N1CCN(c2ccccc2)CC1. The van der Waals surface area contributed by atoms with Gasteiger partial charge < -0.3 is 9.80 Å². The Bertz CT molecular complexity index is 1350. The van der Waals surface area contributed by atoms with E-state index in [0.717, 1.165) is 29.7 Å². The van der Waals surface area contributed by atoms with Gasteiger partial charge in [0, 0.05) is 48.5 Å². The molecule has 3 aromatic carbocycles. The second-order valence-corrected chi connectivity index (χ2v) is 10.1. The Kier molecular flexibility index (Phi) is 5.49. The molecule has 0 spiro atoms. The first kappa shape index (κ1) is 20.8. The molecule has 0 bridgehead atoms. The first-order valence-corrected chi connectivity index (χ1v) is 12.3. The predicted octanol–water partition coefficient (Wildman–Crippen LogP) is 5.05. The van der Waals surface area contributed by atoms with E-state index in [2.05, 4.69) is 26.9 Å². The maximum absolute atomic E-state index is 13.6. The van der Waals surface area contributed by atoms with E-state index in [1.807, 2.05) is 42.5 Å². The Morgan fingerprint density at radius 1 is 0.750 bits per heavy atom. The number of para-hydroxylation sites is 2. The summed E-state index contributed by atoms with van der Waals surface area (Å²) in [6.07, 6.45) is 1.49. The third-order valence-electron chi connectivity index (χ3n) is 5.84. The highest BCUT2D eigenvalue weighted by molar-refractivity contribution is 7.91. The molecule has 32 heavy (non-hydrogen) atoms. The monoisotopic (exact) mass is 463 g/mol. The fourth-order valence-corrected chi connectivity index (χ4v) is 5.76. The van der Waals surface area contributed by atoms with E-state index >= 15 is 0 Å². The van der Waals surface area contributed by atoms with Crippen LogP contribution in [0.1, 0.15) is 0 Å². The number of pyridine rings is 1. The van der Waals surface area contributed by atoms with Crippen molar-refractivity contribution in [2.75, 3.05) is 36.0 Å². The van der Waals surface area contributed by atoms with Gasteiger partial charge in [0.15, 0.2) is 0 Å². The molecule has 0 atom stereocenters. The molecule has 0 saturated carbocycles. The maximum atomic E-state index is 13.6. The summed E-state index contributed by atoms with van der Waals surface area (Å²) in [5.74, 6) is 0. The molecule has 1 aliphatic rings. The standard InChI is InChI=1S/C25H22ClN3O2S/c26-19-10-12-21(13-11-19)32(30,31)24-18-27-23-9-5-4-8-22(23)25(24)29-16-14-28(15-17-29)20-6-2-1-3-7-20/h1-13,18H,14-17H2. The van der Waals surface area contributed by atoms with Crippen LogP contribution in [0.15, 0.2) is 94.9 Å². The molecule has 4 aromatic rings. The van der Waals surface area contributed by atoms with Crippen molar-refractivity contribution in [3.05, 3.63) is 90.1 Å². The Morgan fingerprint density at radius 3 is 2.09 bits per heavy atom. The van der Waals surface area contributed by atoms with Gasteiger partial charge in [-0.2, -0.15) is 0 Å². The van der Waals surface area contributed by atoms with Crippen LogP contribution < -0.4 is 9.80 Å². The summed E-state index contributed by atoms with van der Waals surface area (Å²) >= 11 is 5.98. The lowest BCUT2D eigenvalue weighted by Gasteiger charge is -2.38. The van der Waals surface area contributed by atoms with Crippen LogP contribution in [-0.4, -0.2) is 39.6 Å². The van der Waals surface area contributed by atoms with E-state index in [0.29, 0.717) is 18.1 Å². The predicted molar refractivity (Wildman–Crippen MR) is 130 cm³/mol. The summed E-state index contributed by atoms with van der Waals surface area (Å²) in [5, 5.41) is 1.34. The molecular formula is C25H22ClN3O2S. The molecule has 162 valence electrons. The molecule has 0 unspecified atom stereocenters. The minimum atomic E-state index is -3.77. The van der Waals surface area contributed by atoms with Crippen molar-refractivity contribution in [2.24, 2.45) is 0 Å². The van der Waals surface area contributed by atoms with Crippen molar-refractivity contribution in [2.45, 2.75) is 9.79 Å². The van der Waals surface area contributed by atoms with E-state index in [1.165, 1.54) is 11.9 Å². The van der Waals surface area contributed by atoms with Crippen molar-refractivity contribution in [1.29, 1.82) is 0 Å². The molecule has 0 radical (unpaired) electrons. The van der Waals surface area contributed by atoms with Gasteiger partial charge in [0.25, 0.3) is 0 Å². The molecule has 0 N–H and O–H groups in total. The minimum absolute atomic E-state index is 0.211. The summed E-state index contributed by atoms with van der Waals surface area (Å²) in [5.41, 5.74) is 2.68. The zero-order chi connectivity index (χ0) is 22.1. The van der Waals surface area contributed by atoms with Crippen LogP contribution in [0.5, 0.6) is 0 Å². The molecule has 7 heteroatoms. The van der Waals surface area contributed by atoms with Crippen LogP contribution in [0.25, 0.3) is 10.9 Å². The van der Waals surface area contributed by atoms with Crippen LogP contribution in [0.4, 0.5) is 11.4 Å². The lowest BCUT2D eigenvalue weighted by atomic mass is 10.1. The van der Waals surface area contributed by atoms with Gasteiger partial charge in [0.1, 0.15) is 4.90 Å². The highest BCUT2D eigenvalue weighted by Gasteiger charge is 2.28. The summed E-state index contributed by atoms with van der Waals surface area (Å²) in [7, 11) is -3.77. The number of benzene rings is 3. The van der Waals surface area contributed by atoms with Crippen molar-refractivity contribution < 1.29 is 8.42 Å². The number of sulfone groups is 1. The molecule has 1 fully saturated rings. The van der Waals surface area contributed by atoms with Crippen LogP contribution in [0.3, 0.4) is 0 Å². The fraction of sp³-hybridized carbons (Fsp3) is 0.160. The second-order valence-electron chi connectivity index (χ2n) is 7.76. The largest absolute Gasteiger partial charge is 0.368 e. The number of halogens is 1. The molecule has 2 heterocycles. The summed E-state index contributed by atoms with van der Waals surface area (Å²) in [4.78, 5) is 9.41. The van der Waals surface area contributed by atoms with E-state index in [1.54, 1.807) is 24.3 Å². The number of rotatable bonds is 4. The first-order chi connectivity index (χ1) is 15.5. The Labute approximate surface area is 192 Å². The smallest absolute Gasteiger partial charge is 0.210 e. The van der Waals surface area contributed by atoms with Gasteiger partial charge in [0.2, 0.25) is 9.84 Å². The summed E-state index contributed by atoms with van der Waals surface area (Å²) < 4.78 is 27.2. The van der Waals surface area contributed by atoms with E-state index in [-0.39, 0.29) is 9.79 Å². The van der Waals surface area contributed by atoms with Crippen LogP contribution >= 0.6 is 11.6 Å². The number of fused-ring (bicyclic) bond motifs is 1. The van der Waals surface area contributed by atoms with E-state index < -0.39 is 9.84 Å². The number of piperazine rings is 1. The molecule has 1 saturated heterocycles. The zero-order valence-electron chi connectivity index (χ0n) is 17.4. The maximum Gasteiger partial charge on any atom is 0.210 e. The van der Waals surface area contributed by atoms with Gasteiger partial charge >= 0.3 is 0 Å². The molecule has 5 nitrogen and oxygen atoms in total. The van der Waals surface area contributed by atoms with Crippen molar-refractivity contribution in [3.8, 4) is 0 Å².